The van der Waals surface area contributed by atoms with Crippen LogP contribution < -0.4 is 10.9 Å². The summed E-state index contributed by atoms with van der Waals surface area (Å²) in [6.07, 6.45) is 1.40. The van der Waals surface area contributed by atoms with Crippen molar-refractivity contribution in [1.82, 2.24) is 25.3 Å². The number of carbonyl (C=O) groups excluding carboxylic acids is 1. The highest BCUT2D eigenvalue weighted by molar-refractivity contribution is 5.93. The summed E-state index contributed by atoms with van der Waals surface area (Å²) in [5, 5.41) is 11.0. The molecule has 1 amide bonds. The molecule has 0 aliphatic carbocycles. The van der Waals surface area contributed by atoms with Crippen molar-refractivity contribution < 1.29 is 4.79 Å². The number of nitrogens with zero attached hydrogens (tertiary/aromatic N) is 3. The molecule has 0 unspecified atom stereocenters. The number of hydrogen-bond acceptors (Lipinski definition) is 4. The lowest BCUT2D eigenvalue weighted by molar-refractivity contribution is 0.0935. The van der Waals surface area contributed by atoms with Crippen molar-refractivity contribution in [3.8, 4) is 0 Å². The van der Waals surface area contributed by atoms with Gasteiger partial charge in [0.2, 0.25) is 5.56 Å². The average molecular weight is 297 g/mol. The third kappa shape index (κ3) is 2.88. The monoisotopic (exact) mass is 297 g/mol. The number of rotatable bonds is 4. The second-order valence-corrected chi connectivity index (χ2v) is 5.08. The van der Waals surface area contributed by atoms with Gasteiger partial charge in [-0.2, -0.15) is 0 Å². The van der Waals surface area contributed by atoms with Crippen molar-refractivity contribution in [3.63, 3.8) is 0 Å². The SMILES string of the molecule is C[C@@H](Cn1nnc2ccccc21)NC(=O)c1ccc(=O)[nH]c1. The number of aromatic amines is 1. The molecule has 7 nitrogen and oxygen atoms in total. The number of hydrogen-bond donors (Lipinski definition) is 2. The molecular weight excluding hydrogens is 282 g/mol. The van der Waals surface area contributed by atoms with Gasteiger partial charge in [0, 0.05) is 18.3 Å². The first-order valence-corrected chi connectivity index (χ1v) is 6.91. The van der Waals surface area contributed by atoms with Crippen LogP contribution in [0.15, 0.2) is 47.4 Å². The minimum absolute atomic E-state index is 0.135. The van der Waals surface area contributed by atoms with Crippen LogP contribution in [-0.2, 0) is 6.54 Å². The van der Waals surface area contributed by atoms with E-state index in [1.807, 2.05) is 31.2 Å². The largest absolute Gasteiger partial charge is 0.348 e. The summed E-state index contributed by atoms with van der Waals surface area (Å²) in [5.74, 6) is -0.242. The summed E-state index contributed by atoms with van der Waals surface area (Å²) in [6.45, 7) is 2.40. The molecule has 1 atom stereocenters. The van der Waals surface area contributed by atoms with Gasteiger partial charge in [-0.1, -0.05) is 17.3 Å². The van der Waals surface area contributed by atoms with E-state index in [0.717, 1.165) is 11.0 Å². The van der Waals surface area contributed by atoms with Crippen molar-refractivity contribution >= 4 is 16.9 Å². The van der Waals surface area contributed by atoms with Gasteiger partial charge in [0.25, 0.3) is 5.91 Å². The highest BCUT2D eigenvalue weighted by Crippen LogP contribution is 2.10. The Kier molecular flexibility index (Phi) is 3.69. The maximum Gasteiger partial charge on any atom is 0.253 e. The molecule has 3 aromatic rings. The number of benzene rings is 1. The Labute approximate surface area is 126 Å². The van der Waals surface area contributed by atoms with Crippen molar-refractivity contribution in [2.45, 2.75) is 19.5 Å². The van der Waals surface area contributed by atoms with E-state index in [1.165, 1.54) is 18.3 Å². The van der Waals surface area contributed by atoms with Crippen LogP contribution in [0.4, 0.5) is 0 Å². The van der Waals surface area contributed by atoms with Crippen molar-refractivity contribution in [2.75, 3.05) is 0 Å². The maximum atomic E-state index is 12.1. The molecular formula is C15H15N5O2. The van der Waals surface area contributed by atoms with Gasteiger partial charge in [0.05, 0.1) is 17.6 Å². The normalized spacial score (nSPS) is 12.2. The third-order valence-electron chi connectivity index (χ3n) is 3.29. The number of amides is 1. The molecule has 0 aliphatic heterocycles. The zero-order valence-electron chi connectivity index (χ0n) is 12.0. The van der Waals surface area contributed by atoms with E-state index in [9.17, 15) is 9.59 Å². The quantitative estimate of drug-likeness (QED) is 0.749. The van der Waals surface area contributed by atoms with E-state index in [2.05, 4.69) is 20.6 Å². The summed E-state index contributed by atoms with van der Waals surface area (Å²) in [7, 11) is 0. The smallest absolute Gasteiger partial charge is 0.253 e. The molecule has 0 aliphatic rings. The average Bonchev–Trinajstić information content (AvgIpc) is 2.91. The fraction of sp³-hybridized carbons (Fsp3) is 0.200. The predicted octanol–water partition coefficient (Wildman–Crippen LogP) is 0.938. The van der Waals surface area contributed by atoms with E-state index in [1.54, 1.807) is 4.68 Å². The molecule has 2 heterocycles. The van der Waals surface area contributed by atoms with Crippen molar-refractivity contribution in [1.29, 1.82) is 0 Å². The Morgan fingerprint density at radius 3 is 2.91 bits per heavy atom. The van der Waals surface area contributed by atoms with Crippen LogP contribution in [0.1, 0.15) is 17.3 Å². The molecule has 0 saturated heterocycles. The predicted molar refractivity (Wildman–Crippen MR) is 81.5 cm³/mol. The van der Waals surface area contributed by atoms with E-state index in [4.69, 9.17) is 0 Å². The van der Waals surface area contributed by atoms with Gasteiger partial charge in [-0.05, 0) is 25.1 Å². The van der Waals surface area contributed by atoms with E-state index in [0.29, 0.717) is 12.1 Å². The summed E-state index contributed by atoms with van der Waals surface area (Å²) in [4.78, 5) is 25.6. The Hall–Kier alpha value is -2.96. The van der Waals surface area contributed by atoms with E-state index < -0.39 is 0 Å². The highest BCUT2D eigenvalue weighted by Gasteiger charge is 2.12. The van der Waals surface area contributed by atoms with Crippen LogP contribution in [-0.4, -0.2) is 31.9 Å². The molecule has 0 saturated carbocycles. The van der Waals surface area contributed by atoms with Gasteiger partial charge >= 0.3 is 0 Å². The van der Waals surface area contributed by atoms with Crippen molar-refractivity contribution in [3.05, 3.63) is 58.5 Å². The van der Waals surface area contributed by atoms with Gasteiger partial charge in [-0.15, -0.1) is 5.10 Å². The summed E-state index contributed by atoms with van der Waals surface area (Å²) >= 11 is 0. The lowest BCUT2D eigenvalue weighted by Crippen LogP contribution is -2.36. The molecule has 1 aromatic carbocycles. The Morgan fingerprint density at radius 1 is 1.32 bits per heavy atom. The molecule has 22 heavy (non-hydrogen) atoms. The number of carbonyl (C=O) groups is 1. The Bertz CT molecular complexity index is 847. The van der Waals surface area contributed by atoms with E-state index in [-0.39, 0.29) is 17.5 Å². The summed E-state index contributed by atoms with van der Waals surface area (Å²) < 4.78 is 1.76. The second kappa shape index (κ2) is 5.80. The zero-order chi connectivity index (χ0) is 15.5. The minimum Gasteiger partial charge on any atom is -0.348 e. The lowest BCUT2D eigenvalue weighted by atomic mass is 10.2. The highest BCUT2D eigenvalue weighted by atomic mass is 16.2. The van der Waals surface area contributed by atoms with Gasteiger partial charge in [-0.3, -0.25) is 9.59 Å². The molecule has 7 heteroatoms. The standard InChI is InChI=1S/C15H15N5O2/c1-10(17-15(22)11-6-7-14(21)16-8-11)9-20-13-5-3-2-4-12(13)18-19-20/h2-8,10H,9H2,1H3,(H,16,21)(H,17,22)/t10-/m0/s1. The van der Waals surface area contributed by atoms with Crippen LogP contribution >= 0.6 is 0 Å². The summed E-state index contributed by atoms with van der Waals surface area (Å²) in [6, 6.07) is 10.3. The molecule has 0 fully saturated rings. The van der Waals surface area contributed by atoms with Gasteiger partial charge in [0.1, 0.15) is 5.52 Å². The number of fused-ring (bicyclic) bond motifs is 1. The zero-order valence-corrected chi connectivity index (χ0v) is 12.0. The topological polar surface area (TPSA) is 92.7 Å². The Morgan fingerprint density at radius 2 is 2.14 bits per heavy atom. The molecule has 2 aromatic heterocycles. The maximum absolute atomic E-state index is 12.1. The number of H-pyrrole nitrogens is 1. The number of pyridine rings is 1. The first kappa shape index (κ1) is 14.0. The van der Waals surface area contributed by atoms with Gasteiger partial charge in [-0.25, -0.2) is 4.68 Å². The second-order valence-electron chi connectivity index (χ2n) is 5.08. The summed E-state index contributed by atoms with van der Waals surface area (Å²) in [5.41, 5.74) is 1.92. The minimum atomic E-state index is -0.242. The fourth-order valence-electron chi connectivity index (χ4n) is 2.22. The number of aromatic nitrogens is 4. The molecule has 2 N–H and O–H groups in total. The first-order valence-electron chi connectivity index (χ1n) is 6.91. The van der Waals surface area contributed by atoms with Crippen LogP contribution in [0, 0.1) is 0 Å². The van der Waals surface area contributed by atoms with Crippen molar-refractivity contribution in [2.24, 2.45) is 0 Å². The van der Waals surface area contributed by atoms with Gasteiger partial charge < -0.3 is 10.3 Å². The van der Waals surface area contributed by atoms with Crippen LogP contribution in [0.2, 0.25) is 0 Å². The molecule has 3 rings (SSSR count). The lowest BCUT2D eigenvalue weighted by Gasteiger charge is -2.14. The molecule has 0 spiro atoms. The fourth-order valence-corrected chi connectivity index (χ4v) is 2.22. The van der Waals surface area contributed by atoms with E-state index >= 15 is 0 Å². The first-order chi connectivity index (χ1) is 10.6. The molecule has 0 bridgehead atoms. The van der Waals surface area contributed by atoms with Gasteiger partial charge in [0.15, 0.2) is 0 Å². The third-order valence-corrected chi connectivity index (χ3v) is 3.29. The molecule has 112 valence electrons. The van der Waals surface area contributed by atoms with Crippen LogP contribution in [0.5, 0.6) is 0 Å². The Balaban J connectivity index is 1.69. The molecule has 0 radical (unpaired) electrons. The number of nitrogens with one attached hydrogen (secondary N) is 2. The number of para-hydroxylation sites is 1. The van der Waals surface area contributed by atoms with Crippen LogP contribution in [0.3, 0.4) is 0 Å². The van der Waals surface area contributed by atoms with Crippen LogP contribution in [0.25, 0.3) is 11.0 Å².